The molecule has 0 spiro atoms. The van der Waals surface area contributed by atoms with Gasteiger partial charge in [0.15, 0.2) is 0 Å². The van der Waals surface area contributed by atoms with E-state index in [1.165, 1.54) is 12.1 Å². The maximum Gasteiger partial charge on any atom is 0.416 e. The van der Waals surface area contributed by atoms with E-state index in [1.54, 1.807) is 24.3 Å². The van der Waals surface area contributed by atoms with Crippen LogP contribution in [0.3, 0.4) is 0 Å². The summed E-state index contributed by atoms with van der Waals surface area (Å²) in [5.74, 6) is 0.578. The first kappa shape index (κ1) is 16.3. The molecule has 0 aliphatic heterocycles. The SMILES string of the molecule is FC(F)(F)c1ccc(NCc2nnc(-c3ccccc3Cl)o2)cc1. The minimum absolute atomic E-state index is 0.183. The standard InChI is InChI=1S/C16H11ClF3N3O/c17-13-4-2-1-3-12(13)15-23-22-14(24-15)9-21-11-7-5-10(6-8-11)16(18,19)20/h1-8,21H,9H2. The van der Waals surface area contributed by atoms with Gasteiger partial charge in [0.05, 0.1) is 22.7 Å². The quantitative estimate of drug-likeness (QED) is 0.715. The van der Waals surface area contributed by atoms with Gasteiger partial charge in [-0.1, -0.05) is 23.7 Å². The van der Waals surface area contributed by atoms with Crippen LogP contribution >= 0.6 is 11.6 Å². The summed E-state index contributed by atoms with van der Waals surface area (Å²) in [5.41, 5.74) is 0.430. The van der Waals surface area contributed by atoms with Gasteiger partial charge in [-0.3, -0.25) is 0 Å². The molecule has 4 nitrogen and oxygen atoms in total. The average Bonchev–Trinajstić information content (AvgIpc) is 3.02. The number of alkyl halides is 3. The second-order valence-electron chi connectivity index (χ2n) is 4.91. The van der Waals surface area contributed by atoms with Crippen molar-refractivity contribution < 1.29 is 17.6 Å². The lowest BCUT2D eigenvalue weighted by molar-refractivity contribution is -0.137. The predicted octanol–water partition coefficient (Wildman–Crippen LogP) is 5.02. The van der Waals surface area contributed by atoms with E-state index in [-0.39, 0.29) is 12.4 Å². The molecule has 24 heavy (non-hydrogen) atoms. The topological polar surface area (TPSA) is 51.0 Å². The molecule has 0 radical (unpaired) electrons. The van der Waals surface area contributed by atoms with Crippen molar-refractivity contribution in [2.75, 3.05) is 5.32 Å². The summed E-state index contributed by atoms with van der Waals surface area (Å²) in [6, 6.07) is 11.7. The van der Waals surface area contributed by atoms with E-state index in [0.29, 0.717) is 22.2 Å². The zero-order chi connectivity index (χ0) is 17.2. The molecule has 1 aromatic heterocycles. The normalized spacial score (nSPS) is 11.5. The first-order chi connectivity index (χ1) is 11.4. The molecule has 1 N–H and O–H groups in total. The first-order valence-electron chi connectivity index (χ1n) is 6.92. The highest BCUT2D eigenvalue weighted by molar-refractivity contribution is 6.33. The van der Waals surface area contributed by atoms with Crippen LogP contribution in [0.25, 0.3) is 11.5 Å². The van der Waals surface area contributed by atoms with Crippen molar-refractivity contribution in [3.63, 3.8) is 0 Å². The lowest BCUT2D eigenvalue weighted by Gasteiger charge is -2.08. The Morgan fingerprint density at radius 1 is 1.00 bits per heavy atom. The van der Waals surface area contributed by atoms with Gasteiger partial charge in [-0.25, -0.2) is 0 Å². The molecule has 0 saturated heterocycles. The molecular weight excluding hydrogens is 343 g/mol. The van der Waals surface area contributed by atoms with Crippen LogP contribution < -0.4 is 5.32 Å². The van der Waals surface area contributed by atoms with Crippen LogP contribution in [0, 0.1) is 0 Å². The fraction of sp³-hybridized carbons (Fsp3) is 0.125. The van der Waals surface area contributed by atoms with Gasteiger partial charge in [-0.15, -0.1) is 10.2 Å². The molecule has 3 aromatic rings. The highest BCUT2D eigenvalue weighted by atomic mass is 35.5. The van der Waals surface area contributed by atoms with Crippen molar-refractivity contribution in [1.82, 2.24) is 10.2 Å². The van der Waals surface area contributed by atoms with Gasteiger partial charge in [0.1, 0.15) is 0 Å². The molecule has 3 rings (SSSR count). The molecule has 1 heterocycles. The maximum absolute atomic E-state index is 12.5. The summed E-state index contributed by atoms with van der Waals surface area (Å²) in [5, 5.41) is 11.2. The molecule has 0 amide bonds. The number of aromatic nitrogens is 2. The number of nitrogens with zero attached hydrogens (tertiary/aromatic N) is 2. The molecule has 2 aromatic carbocycles. The van der Waals surface area contributed by atoms with Gasteiger partial charge < -0.3 is 9.73 Å². The van der Waals surface area contributed by atoms with Crippen LogP contribution in [-0.2, 0) is 12.7 Å². The van der Waals surface area contributed by atoms with Crippen molar-refractivity contribution >= 4 is 17.3 Å². The van der Waals surface area contributed by atoms with Crippen LogP contribution in [0.5, 0.6) is 0 Å². The number of hydrogen-bond acceptors (Lipinski definition) is 4. The molecule has 0 fully saturated rings. The Hall–Kier alpha value is -2.54. The van der Waals surface area contributed by atoms with E-state index in [1.807, 2.05) is 0 Å². The van der Waals surface area contributed by atoms with Crippen molar-refractivity contribution in [3.8, 4) is 11.5 Å². The Balaban J connectivity index is 1.67. The molecule has 0 saturated carbocycles. The fourth-order valence-electron chi connectivity index (χ4n) is 2.02. The van der Waals surface area contributed by atoms with Crippen molar-refractivity contribution in [3.05, 3.63) is 65.0 Å². The molecule has 0 aliphatic rings. The lowest BCUT2D eigenvalue weighted by Crippen LogP contribution is -2.05. The van der Waals surface area contributed by atoms with Gasteiger partial charge in [0, 0.05) is 5.69 Å². The molecule has 0 bridgehead atoms. The van der Waals surface area contributed by atoms with Crippen molar-refractivity contribution in [1.29, 1.82) is 0 Å². The highest BCUT2D eigenvalue weighted by Crippen LogP contribution is 2.30. The van der Waals surface area contributed by atoms with Crippen LogP contribution in [0.2, 0.25) is 5.02 Å². The molecule has 124 valence electrons. The van der Waals surface area contributed by atoms with E-state index in [0.717, 1.165) is 12.1 Å². The highest BCUT2D eigenvalue weighted by Gasteiger charge is 2.29. The monoisotopic (exact) mass is 353 g/mol. The van der Waals surface area contributed by atoms with E-state index >= 15 is 0 Å². The third kappa shape index (κ3) is 3.68. The fourth-order valence-corrected chi connectivity index (χ4v) is 2.24. The third-order valence-electron chi connectivity index (χ3n) is 3.23. The Morgan fingerprint density at radius 2 is 1.71 bits per heavy atom. The summed E-state index contributed by atoms with van der Waals surface area (Å²) in [7, 11) is 0. The maximum atomic E-state index is 12.5. The summed E-state index contributed by atoms with van der Waals surface area (Å²) in [6.07, 6.45) is -4.35. The predicted molar refractivity (Wildman–Crippen MR) is 83.5 cm³/mol. The van der Waals surface area contributed by atoms with Crippen LogP contribution in [0.4, 0.5) is 18.9 Å². The van der Waals surface area contributed by atoms with Gasteiger partial charge in [-0.2, -0.15) is 13.2 Å². The van der Waals surface area contributed by atoms with E-state index in [2.05, 4.69) is 15.5 Å². The van der Waals surface area contributed by atoms with Gasteiger partial charge in [0.2, 0.25) is 11.8 Å². The Bertz CT molecular complexity index is 831. The minimum atomic E-state index is -4.35. The first-order valence-corrected chi connectivity index (χ1v) is 7.30. The number of hydrogen-bond donors (Lipinski definition) is 1. The van der Waals surface area contributed by atoms with Gasteiger partial charge >= 0.3 is 6.18 Å². The molecule has 8 heteroatoms. The summed E-state index contributed by atoms with van der Waals surface area (Å²) in [4.78, 5) is 0. The van der Waals surface area contributed by atoms with Crippen molar-refractivity contribution in [2.45, 2.75) is 12.7 Å². The second-order valence-corrected chi connectivity index (χ2v) is 5.32. The van der Waals surface area contributed by atoms with E-state index in [4.69, 9.17) is 16.0 Å². The number of halogens is 4. The summed E-state index contributed by atoms with van der Waals surface area (Å²) >= 11 is 6.06. The minimum Gasteiger partial charge on any atom is -0.419 e. The molecule has 0 aliphatic carbocycles. The summed E-state index contributed by atoms with van der Waals surface area (Å²) in [6.45, 7) is 0.183. The van der Waals surface area contributed by atoms with Crippen LogP contribution in [-0.4, -0.2) is 10.2 Å². The van der Waals surface area contributed by atoms with Gasteiger partial charge in [0.25, 0.3) is 0 Å². The zero-order valence-corrected chi connectivity index (χ0v) is 12.9. The third-order valence-corrected chi connectivity index (χ3v) is 3.56. The molecular formula is C16H11ClF3N3O. The Morgan fingerprint density at radius 3 is 2.38 bits per heavy atom. The van der Waals surface area contributed by atoms with E-state index in [9.17, 15) is 13.2 Å². The largest absolute Gasteiger partial charge is 0.419 e. The second kappa shape index (κ2) is 6.52. The Kier molecular flexibility index (Phi) is 4.44. The molecule has 0 atom stereocenters. The van der Waals surface area contributed by atoms with E-state index < -0.39 is 11.7 Å². The number of nitrogens with one attached hydrogen (secondary N) is 1. The smallest absolute Gasteiger partial charge is 0.416 e. The number of rotatable bonds is 4. The molecule has 0 unspecified atom stereocenters. The number of anilines is 1. The number of benzene rings is 2. The Labute approximate surface area is 140 Å². The zero-order valence-electron chi connectivity index (χ0n) is 12.1. The van der Waals surface area contributed by atoms with Crippen molar-refractivity contribution in [2.24, 2.45) is 0 Å². The van der Waals surface area contributed by atoms with Crippen LogP contribution in [0.15, 0.2) is 52.9 Å². The van der Waals surface area contributed by atoms with Crippen LogP contribution in [0.1, 0.15) is 11.5 Å². The van der Waals surface area contributed by atoms with Gasteiger partial charge in [-0.05, 0) is 36.4 Å². The average molecular weight is 354 g/mol. The summed E-state index contributed by atoms with van der Waals surface area (Å²) < 4.78 is 43.0. The lowest BCUT2D eigenvalue weighted by atomic mass is 10.2.